The van der Waals surface area contributed by atoms with E-state index in [9.17, 15) is 24.0 Å². The van der Waals surface area contributed by atoms with Crippen LogP contribution in [0.2, 0.25) is 0 Å². The monoisotopic (exact) mass is 582 g/mol. The summed E-state index contributed by atoms with van der Waals surface area (Å²) in [5, 5.41) is 5.37. The molecular weight excluding hydrogens is 560 g/mol. The number of methoxy groups -OCH3 is 1. The highest BCUT2D eigenvalue weighted by Gasteiger charge is 2.39. The van der Waals surface area contributed by atoms with Gasteiger partial charge in [-0.05, 0) is 55.8 Å². The van der Waals surface area contributed by atoms with E-state index in [4.69, 9.17) is 21.1 Å². The van der Waals surface area contributed by atoms with Gasteiger partial charge in [0.15, 0.2) is 5.13 Å². The van der Waals surface area contributed by atoms with Gasteiger partial charge in [-0.15, -0.1) is 0 Å². The van der Waals surface area contributed by atoms with Crippen molar-refractivity contribution in [2.45, 2.75) is 20.3 Å². The molecule has 0 saturated carbocycles. The molecule has 11 nitrogen and oxygen atoms in total. The molecule has 0 spiro atoms. The summed E-state index contributed by atoms with van der Waals surface area (Å²) >= 11 is 7.21. The van der Waals surface area contributed by atoms with Gasteiger partial charge >= 0.3 is 11.9 Å². The van der Waals surface area contributed by atoms with E-state index in [1.807, 2.05) is 6.92 Å². The largest absolute Gasteiger partial charge is 0.465 e. The lowest BCUT2D eigenvalue weighted by molar-refractivity contribution is -0.120. The first-order valence-electron chi connectivity index (χ1n) is 11.9. The molecule has 0 saturated heterocycles. The van der Waals surface area contributed by atoms with Crippen LogP contribution in [0.5, 0.6) is 0 Å². The molecule has 0 unspecified atom stereocenters. The zero-order chi connectivity index (χ0) is 29.0. The van der Waals surface area contributed by atoms with Gasteiger partial charge in [0.2, 0.25) is 0 Å². The molecule has 1 aromatic heterocycles. The second kappa shape index (κ2) is 12.1. The standard InChI is InChI=1S/C27H23ClN4O7S/c1-4-12-39-25(36)16-6-5-7-18(13-16)32-23(34)19(28)20(24(32)35)30-17-10-8-15(9-11-17)22(33)31-27-29-14(2)21(40-27)26(37)38-3/h5-11,13,30H,4,12H2,1-3H3,(H,29,31,33). The summed E-state index contributed by atoms with van der Waals surface area (Å²) in [7, 11) is 1.26. The highest BCUT2D eigenvalue weighted by atomic mass is 35.5. The van der Waals surface area contributed by atoms with Crippen LogP contribution in [0.25, 0.3) is 0 Å². The normalized spacial score (nSPS) is 12.9. The predicted molar refractivity (Wildman–Crippen MR) is 149 cm³/mol. The van der Waals surface area contributed by atoms with E-state index in [0.717, 1.165) is 16.2 Å². The fraction of sp³-hybridized carbons (Fsp3) is 0.185. The molecule has 0 bridgehead atoms. The minimum absolute atomic E-state index is 0.156. The van der Waals surface area contributed by atoms with Gasteiger partial charge in [0.25, 0.3) is 17.7 Å². The Labute approximate surface area is 237 Å². The van der Waals surface area contributed by atoms with Crippen LogP contribution in [-0.4, -0.2) is 48.4 Å². The lowest BCUT2D eigenvalue weighted by Crippen LogP contribution is -2.32. The van der Waals surface area contributed by atoms with E-state index < -0.39 is 29.7 Å². The Bertz CT molecular complexity index is 1550. The molecule has 13 heteroatoms. The number of rotatable bonds is 9. The number of aromatic nitrogens is 1. The number of anilines is 3. The Morgan fingerprint density at radius 2 is 1.75 bits per heavy atom. The van der Waals surface area contributed by atoms with Gasteiger partial charge in [-0.1, -0.05) is 35.9 Å². The van der Waals surface area contributed by atoms with Gasteiger partial charge in [0.1, 0.15) is 15.6 Å². The van der Waals surface area contributed by atoms with E-state index in [2.05, 4.69) is 15.6 Å². The second-order valence-electron chi connectivity index (χ2n) is 8.40. The maximum absolute atomic E-state index is 13.1. The number of ether oxygens (including phenoxy) is 2. The number of aryl methyl sites for hydroxylation is 1. The summed E-state index contributed by atoms with van der Waals surface area (Å²) in [6, 6.07) is 12.0. The molecule has 0 aliphatic carbocycles. The Balaban J connectivity index is 1.45. The average Bonchev–Trinajstić information content (AvgIpc) is 3.42. The van der Waals surface area contributed by atoms with Gasteiger partial charge in [0, 0.05) is 11.3 Å². The molecule has 1 aliphatic heterocycles. The SMILES string of the molecule is CCCOC(=O)c1cccc(N2C(=O)C(Cl)=C(Nc3ccc(C(=O)Nc4nc(C)c(C(=O)OC)s4)cc3)C2=O)c1. The zero-order valence-corrected chi connectivity index (χ0v) is 23.1. The van der Waals surface area contributed by atoms with Gasteiger partial charge in [0.05, 0.1) is 30.7 Å². The summed E-state index contributed by atoms with van der Waals surface area (Å²) in [5.74, 6) is -3.05. The van der Waals surface area contributed by atoms with Crippen LogP contribution < -0.4 is 15.5 Å². The van der Waals surface area contributed by atoms with Crippen LogP contribution in [0.15, 0.2) is 59.3 Å². The third-order valence-electron chi connectivity index (χ3n) is 5.61. The Kier molecular flexibility index (Phi) is 8.61. The topological polar surface area (TPSA) is 144 Å². The smallest absolute Gasteiger partial charge is 0.350 e. The second-order valence-corrected chi connectivity index (χ2v) is 9.78. The number of benzene rings is 2. The van der Waals surface area contributed by atoms with Crippen molar-refractivity contribution in [1.82, 2.24) is 4.98 Å². The van der Waals surface area contributed by atoms with Crippen LogP contribution in [0, 0.1) is 6.92 Å². The van der Waals surface area contributed by atoms with Crippen LogP contribution in [0.4, 0.5) is 16.5 Å². The zero-order valence-electron chi connectivity index (χ0n) is 21.6. The number of esters is 2. The molecule has 206 valence electrons. The molecular formula is C27H23ClN4O7S. The number of halogens is 1. The molecule has 2 aromatic carbocycles. The van der Waals surface area contributed by atoms with E-state index >= 15 is 0 Å². The molecule has 2 heterocycles. The van der Waals surface area contributed by atoms with E-state index in [1.54, 1.807) is 6.92 Å². The van der Waals surface area contributed by atoms with Gasteiger partial charge in [-0.25, -0.2) is 19.5 Å². The first-order valence-corrected chi connectivity index (χ1v) is 13.1. The van der Waals surface area contributed by atoms with Gasteiger partial charge < -0.3 is 14.8 Å². The summed E-state index contributed by atoms with van der Waals surface area (Å²) < 4.78 is 9.82. The first kappa shape index (κ1) is 28.5. The molecule has 4 rings (SSSR count). The van der Waals surface area contributed by atoms with Gasteiger partial charge in [-0.3, -0.25) is 19.7 Å². The van der Waals surface area contributed by atoms with Crippen molar-refractivity contribution in [3.63, 3.8) is 0 Å². The average molecular weight is 583 g/mol. The summed E-state index contributed by atoms with van der Waals surface area (Å²) in [6.07, 6.45) is 0.651. The lowest BCUT2D eigenvalue weighted by atomic mass is 10.2. The third kappa shape index (κ3) is 5.87. The molecule has 3 aromatic rings. The number of nitrogens with one attached hydrogen (secondary N) is 2. The van der Waals surface area contributed by atoms with E-state index in [-0.39, 0.29) is 44.2 Å². The minimum atomic E-state index is -0.755. The van der Waals surface area contributed by atoms with Crippen molar-refractivity contribution in [3.8, 4) is 0 Å². The number of hydrogen-bond donors (Lipinski definition) is 2. The van der Waals surface area contributed by atoms with Crippen molar-refractivity contribution in [3.05, 3.63) is 81.0 Å². The summed E-state index contributed by atoms with van der Waals surface area (Å²) in [4.78, 5) is 68.0. The molecule has 0 radical (unpaired) electrons. The van der Waals surface area contributed by atoms with Gasteiger partial charge in [-0.2, -0.15) is 0 Å². The fourth-order valence-electron chi connectivity index (χ4n) is 3.65. The van der Waals surface area contributed by atoms with Crippen LogP contribution in [0.1, 0.15) is 49.4 Å². The predicted octanol–water partition coefficient (Wildman–Crippen LogP) is 4.49. The molecule has 0 fully saturated rings. The van der Waals surface area contributed by atoms with Crippen molar-refractivity contribution in [1.29, 1.82) is 0 Å². The van der Waals surface area contributed by atoms with E-state index in [1.165, 1.54) is 55.6 Å². The summed E-state index contributed by atoms with van der Waals surface area (Å²) in [6.45, 7) is 3.74. The lowest BCUT2D eigenvalue weighted by Gasteiger charge is -2.16. The molecule has 40 heavy (non-hydrogen) atoms. The minimum Gasteiger partial charge on any atom is -0.465 e. The number of carbonyl (C=O) groups excluding carboxylic acids is 5. The number of carbonyl (C=O) groups is 5. The molecule has 2 N–H and O–H groups in total. The van der Waals surface area contributed by atoms with Crippen LogP contribution >= 0.6 is 22.9 Å². The Hall–Kier alpha value is -4.55. The number of nitrogens with zero attached hydrogens (tertiary/aromatic N) is 2. The van der Waals surface area contributed by atoms with E-state index in [0.29, 0.717) is 17.8 Å². The van der Waals surface area contributed by atoms with Crippen molar-refractivity contribution >= 4 is 69.1 Å². The maximum atomic E-state index is 13.1. The summed E-state index contributed by atoms with van der Waals surface area (Å²) in [5.41, 5.74) is 1.30. The highest BCUT2D eigenvalue weighted by molar-refractivity contribution is 7.17. The van der Waals surface area contributed by atoms with Crippen LogP contribution in [-0.2, 0) is 19.1 Å². The van der Waals surface area contributed by atoms with Crippen molar-refractivity contribution in [2.24, 2.45) is 0 Å². The Morgan fingerprint density at radius 1 is 1.02 bits per heavy atom. The van der Waals surface area contributed by atoms with Crippen LogP contribution in [0.3, 0.4) is 0 Å². The maximum Gasteiger partial charge on any atom is 0.350 e. The van der Waals surface area contributed by atoms with Crippen molar-refractivity contribution < 1.29 is 33.4 Å². The number of thiazole rings is 1. The fourth-order valence-corrected chi connectivity index (χ4v) is 4.74. The first-order chi connectivity index (χ1) is 19.1. The number of imide groups is 1. The third-order valence-corrected chi connectivity index (χ3v) is 7.01. The molecule has 0 atom stereocenters. The number of amides is 3. The quantitative estimate of drug-likeness (QED) is 0.275. The Morgan fingerprint density at radius 3 is 2.42 bits per heavy atom. The van der Waals surface area contributed by atoms with Crippen molar-refractivity contribution in [2.75, 3.05) is 29.3 Å². The number of hydrogen-bond acceptors (Lipinski definition) is 10. The molecule has 1 aliphatic rings. The molecule has 3 amide bonds. The highest BCUT2D eigenvalue weighted by Crippen LogP contribution is 2.31.